The molecule has 4 heterocycles. The molecule has 6 rings (SSSR count). The van der Waals surface area contributed by atoms with Crippen molar-refractivity contribution in [2.45, 2.75) is 70.0 Å². The number of fused-ring (bicyclic) bond motifs is 4. The quantitative estimate of drug-likeness (QED) is 0.270. The van der Waals surface area contributed by atoms with Crippen LogP contribution in [0.2, 0.25) is 0 Å². The summed E-state index contributed by atoms with van der Waals surface area (Å²) < 4.78 is 18.0. The van der Waals surface area contributed by atoms with Crippen LogP contribution in [-0.4, -0.2) is 66.7 Å². The number of aromatic nitrogens is 1. The van der Waals surface area contributed by atoms with Crippen LogP contribution in [0, 0.1) is 0 Å². The minimum Gasteiger partial charge on any atom is -0.484 e. The number of aliphatic imine (C=N–C) groups is 1. The van der Waals surface area contributed by atoms with Crippen LogP contribution in [0.25, 0.3) is 10.9 Å². The van der Waals surface area contributed by atoms with Crippen LogP contribution in [0.4, 0.5) is 0 Å². The van der Waals surface area contributed by atoms with Crippen molar-refractivity contribution in [3.05, 3.63) is 35.5 Å². The molecule has 2 saturated heterocycles. The van der Waals surface area contributed by atoms with Gasteiger partial charge in [-0.3, -0.25) is 9.98 Å². The molecule has 3 fully saturated rings. The van der Waals surface area contributed by atoms with Gasteiger partial charge in [-0.2, -0.15) is 5.10 Å². The van der Waals surface area contributed by atoms with E-state index in [-0.39, 0.29) is 23.3 Å². The number of hydrazone groups is 1. The van der Waals surface area contributed by atoms with E-state index in [4.69, 9.17) is 29.8 Å². The van der Waals surface area contributed by atoms with Crippen LogP contribution >= 0.6 is 0 Å². The highest BCUT2D eigenvalue weighted by Gasteiger charge is 2.65. The van der Waals surface area contributed by atoms with Gasteiger partial charge in [-0.1, -0.05) is 0 Å². The molecule has 1 aromatic heterocycles. The standard InChI is InChI=1S/C24H31N5O3.C2H4O/c1-15(21(29-25)10-28-24-13-23(2,14-24)32-22(24)11-26-3)31-17-4-5-20-19(8-17)18-6-7-30-12-16(18)9-27-20;1-2-3/h4-5,8-10,15,22,26H,6-7,11-14,25H2,1-3H3;2H,1H3/b28-10?,29-21+;. The Morgan fingerprint density at radius 2 is 2.20 bits per heavy atom. The summed E-state index contributed by atoms with van der Waals surface area (Å²) in [5.74, 6) is 6.48. The Morgan fingerprint density at radius 3 is 2.91 bits per heavy atom. The summed E-state index contributed by atoms with van der Waals surface area (Å²) in [7, 11) is 1.94. The van der Waals surface area contributed by atoms with Gasteiger partial charge in [0, 0.05) is 37.2 Å². The largest absolute Gasteiger partial charge is 0.484 e. The monoisotopic (exact) mass is 481 g/mol. The number of nitrogens with zero attached hydrogens (tertiary/aromatic N) is 3. The fraction of sp³-hybridized carbons (Fsp3) is 0.538. The van der Waals surface area contributed by atoms with E-state index in [0.717, 1.165) is 60.9 Å². The zero-order valence-electron chi connectivity index (χ0n) is 20.9. The number of hydrogen-bond acceptors (Lipinski definition) is 9. The Kier molecular flexibility index (Phi) is 7.49. The first kappa shape index (κ1) is 25.2. The summed E-state index contributed by atoms with van der Waals surface area (Å²) in [5.41, 5.74) is 3.73. The van der Waals surface area contributed by atoms with Crippen molar-refractivity contribution in [1.82, 2.24) is 10.3 Å². The van der Waals surface area contributed by atoms with Gasteiger partial charge < -0.3 is 30.2 Å². The van der Waals surface area contributed by atoms with Crippen molar-refractivity contribution in [3.63, 3.8) is 0 Å². The molecule has 188 valence electrons. The van der Waals surface area contributed by atoms with E-state index in [0.29, 0.717) is 12.3 Å². The Labute approximate surface area is 206 Å². The summed E-state index contributed by atoms with van der Waals surface area (Å²) in [6.45, 7) is 7.65. The molecule has 1 aromatic carbocycles. The van der Waals surface area contributed by atoms with Crippen LogP contribution in [0.1, 0.15) is 44.7 Å². The van der Waals surface area contributed by atoms with Gasteiger partial charge in [0.05, 0.1) is 36.0 Å². The molecule has 3 aliphatic heterocycles. The number of pyridine rings is 1. The summed E-state index contributed by atoms with van der Waals surface area (Å²) >= 11 is 0. The summed E-state index contributed by atoms with van der Waals surface area (Å²) in [5, 5.41) is 8.29. The summed E-state index contributed by atoms with van der Waals surface area (Å²) in [6, 6.07) is 5.98. The second-order valence-electron chi connectivity index (χ2n) is 9.62. The van der Waals surface area contributed by atoms with E-state index in [2.05, 4.69) is 28.4 Å². The number of carbonyl (C=O) groups excluding carboxylic acids is 1. The van der Waals surface area contributed by atoms with Crippen LogP contribution in [0.15, 0.2) is 34.5 Å². The third-order valence-corrected chi connectivity index (χ3v) is 6.90. The van der Waals surface area contributed by atoms with Crippen molar-refractivity contribution in [1.29, 1.82) is 0 Å². The van der Waals surface area contributed by atoms with E-state index < -0.39 is 0 Å². The maximum Gasteiger partial charge on any atom is 0.141 e. The highest BCUT2D eigenvalue weighted by atomic mass is 16.5. The van der Waals surface area contributed by atoms with Crippen LogP contribution < -0.4 is 15.9 Å². The zero-order valence-corrected chi connectivity index (χ0v) is 20.9. The lowest BCUT2D eigenvalue weighted by Crippen LogP contribution is -2.50. The molecule has 2 atom stereocenters. The molecule has 35 heavy (non-hydrogen) atoms. The van der Waals surface area contributed by atoms with Crippen molar-refractivity contribution < 1.29 is 19.0 Å². The lowest BCUT2D eigenvalue weighted by molar-refractivity contribution is -0.106. The number of nitrogens with one attached hydrogen (secondary N) is 1. The van der Waals surface area contributed by atoms with Gasteiger partial charge in [0.2, 0.25) is 0 Å². The highest BCUT2D eigenvalue weighted by molar-refractivity contribution is 6.32. The molecule has 4 aliphatic rings. The molecule has 9 nitrogen and oxygen atoms in total. The fourth-order valence-corrected chi connectivity index (χ4v) is 5.42. The molecular formula is C26H35N5O4. The first-order valence-corrected chi connectivity index (χ1v) is 12.1. The van der Waals surface area contributed by atoms with Gasteiger partial charge in [0.15, 0.2) is 0 Å². The van der Waals surface area contributed by atoms with Gasteiger partial charge in [0.1, 0.15) is 23.9 Å². The van der Waals surface area contributed by atoms with Crippen molar-refractivity contribution in [2.24, 2.45) is 15.9 Å². The second-order valence-corrected chi connectivity index (χ2v) is 9.62. The lowest BCUT2D eigenvalue weighted by atomic mass is 9.67. The number of nitrogens with two attached hydrogens (primary N) is 1. The van der Waals surface area contributed by atoms with Crippen molar-refractivity contribution >= 4 is 29.1 Å². The first-order valence-electron chi connectivity index (χ1n) is 12.1. The number of aldehydes is 1. The minimum atomic E-state index is -0.343. The van der Waals surface area contributed by atoms with Gasteiger partial charge in [-0.25, -0.2) is 0 Å². The molecule has 0 radical (unpaired) electrons. The summed E-state index contributed by atoms with van der Waals surface area (Å²) in [6.07, 6.45) is 6.87. The number of hydrogen-bond donors (Lipinski definition) is 2. The molecule has 2 aromatic rings. The molecule has 3 N–H and O–H groups in total. The maximum absolute atomic E-state index is 8.81. The normalized spacial score (nSPS) is 28.1. The Bertz CT molecular complexity index is 1130. The zero-order chi connectivity index (χ0) is 25.1. The second kappa shape index (κ2) is 10.4. The molecule has 0 amide bonds. The van der Waals surface area contributed by atoms with E-state index in [1.807, 2.05) is 32.3 Å². The minimum absolute atomic E-state index is 0.0622. The smallest absolute Gasteiger partial charge is 0.141 e. The predicted molar refractivity (Wildman–Crippen MR) is 136 cm³/mol. The Hall–Kier alpha value is -2.88. The average Bonchev–Trinajstić information content (AvgIpc) is 3.26. The molecule has 1 aliphatic carbocycles. The van der Waals surface area contributed by atoms with Crippen LogP contribution in [0.3, 0.4) is 0 Å². The molecule has 2 bridgehead atoms. The SMILES string of the molecule is CC=O.CNCC1OC2(C)CC1(N=C/C(=N\N)C(C)Oc1ccc3ncc4c(c3c1)CCOC4)C2. The van der Waals surface area contributed by atoms with E-state index in [1.54, 1.807) is 6.21 Å². The highest BCUT2D eigenvalue weighted by Crippen LogP contribution is 2.57. The van der Waals surface area contributed by atoms with E-state index >= 15 is 0 Å². The summed E-state index contributed by atoms with van der Waals surface area (Å²) in [4.78, 5) is 18.3. The van der Waals surface area contributed by atoms with Gasteiger partial charge in [-0.05, 0) is 63.6 Å². The molecular weight excluding hydrogens is 446 g/mol. The van der Waals surface area contributed by atoms with Gasteiger partial charge in [0.25, 0.3) is 0 Å². The van der Waals surface area contributed by atoms with E-state index in [9.17, 15) is 0 Å². The molecule has 2 unspecified atom stereocenters. The number of likely N-dealkylation sites (N-methyl/N-ethyl adjacent to an activating group) is 1. The third kappa shape index (κ3) is 5.07. The van der Waals surface area contributed by atoms with Crippen molar-refractivity contribution in [2.75, 3.05) is 20.2 Å². The third-order valence-electron chi connectivity index (χ3n) is 6.90. The predicted octanol–water partition coefficient (Wildman–Crippen LogP) is 2.58. The molecule has 0 spiro atoms. The van der Waals surface area contributed by atoms with E-state index in [1.165, 1.54) is 12.5 Å². The number of rotatable bonds is 7. The first-order chi connectivity index (χ1) is 16.9. The van der Waals surface area contributed by atoms with Crippen LogP contribution in [0.5, 0.6) is 5.75 Å². The maximum atomic E-state index is 8.81. The average molecular weight is 482 g/mol. The Balaban J connectivity index is 0.000000917. The van der Waals surface area contributed by atoms with Crippen molar-refractivity contribution in [3.8, 4) is 5.75 Å². The fourth-order valence-electron chi connectivity index (χ4n) is 5.42. The topological polar surface area (TPSA) is 120 Å². The lowest BCUT2D eigenvalue weighted by Gasteiger charge is -2.40. The molecule has 1 saturated carbocycles. The number of ether oxygens (including phenoxy) is 3. The number of carbonyl (C=O) groups is 1. The Morgan fingerprint density at radius 1 is 1.43 bits per heavy atom. The van der Waals surface area contributed by atoms with Crippen LogP contribution in [-0.2, 0) is 27.3 Å². The molecule has 9 heteroatoms. The number of benzene rings is 1. The van der Waals surface area contributed by atoms with Gasteiger partial charge in [-0.15, -0.1) is 0 Å². The van der Waals surface area contributed by atoms with Gasteiger partial charge >= 0.3 is 0 Å².